The fourth-order valence-electron chi connectivity index (χ4n) is 1.40. The van der Waals surface area contributed by atoms with E-state index in [4.69, 9.17) is 0 Å². The van der Waals surface area contributed by atoms with Gasteiger partial charge in [-0.2, -0.15) is 0 Å². The molecule has 0 spiro atoms. The van der Waals surface area contributed by atoms with Crippen LogP contribution in [0.1, 0.15) is 12.8 Å². The number of rotatable bonds is 5. The second-order valence-electron chi connectivity index (χ2n) is 4.16. The number of phenolic OH excluding ortho intramolecular Hbond substituents is 1. The summed E-state index contributed by atoms with van der Waals surface area (Å²) in [4.78, 5) is 11.3. The maximum Gasteiger partial charge on any atom is 0.241 e. The van der Waals surface area contributed by atoms with E-state index in [1.165, 1.54) is 18.2 Å². The van der Waals surface area contributed by atoms with Gasteiger partial charge in [0, 0.05) is 6.04 Å². The standard InChI is InChI=1S/C11H14N2O4S/c14-9-2-1-3-10(6-9)18(16,17)12-7-11(15)13-8-4-5-8/h1-3,6,8,12,14H,4-5,7H2,(H,13,15). The Morgan fingerprint density at radius 3 is 2.72 bits per heavy atom. The van der Waals surface area contributed by atoms with Crippen molar-refractivity contribution in [2.75, 3.05) is 6.54 Å². The van der Waals surface area contributed by atoms with E-state index in [9.17, 15) is 18.3 Å². The maximum absolute atomic E-state index is 11.8. The number of hydrogen-bond donors (Lipinski definition) is 3. The van der Waals surface area contributed by atoms with E-state index in [0.29, 0.717) is 0 Å². The molecule has 1 amide bonds. The summed E-state index contributed by atoms with van der Waals surface area (Å²) in [6.07, 6.45) is 1.90. The van der Waals surface area contributed by atoms with E-state index >= 15 is 0 Å². The Balaban J connectivity index is 1.96. The molecule has 1 aliphatic rings. The van der Waals surface area contributed by atoms with Crippen LogP contribution < -0.4 is 10.0 Å². The number of hydrogen-bond acceptors (Lipinski definition) is 4. The lowest BCUT2D eigenvalue weighted by molar-refractivity contribution is -0.120. The third-order valence-corrected chi connectivity index (χ3v) is 3.89. The molecule has 0 saturated heterocycles. The van der Waals surface area contributed by atoms with Crippen LogP contribution in [0.4, 0.5) is 0 Å². The molecule has 98 valence electrons. The van der Waals surface area contributed by atoms with Crippen molar-refractivity contribution in [2.45, 2.75) is 23.8 Å². The predicted octanol–water partition coefficient (Wildman–Crippen LogP) is -0.0509. The molecule has 1 aromatic rings. The third kappa shape index (κ3) is 3.44. The molecule has 0 heterocycles. The monoisotopic (exact) mass is 270 g/mol. The van der Waals surface area contributed by atoms with Crippen LogP contribution in [0.15, 0.2) is 29.2 Å². The lowest BCUT2D eigenvalue weighted by atomic mass is 10.3. The summed E-state index contributed by atoms with van der Waals surface area (Å²) in [5.74, 6) is -0.485. The third-order valence-electron chi connectivity index (χ3n) is 2.49. The largest absolute Gasteiger partial charge is 0.508 e. The fraction of sp³-hybridized carbons (Fsp3) is 0.364. The van der Waals surface area contributed by atoms with Gasteiger partial charge < -0.3 is 10.4 Å². The van der Waals surface area contributed by atoms with Crippen molar-refractivity contribution in [3.63, 3.8) is 0 Å². The zero-order valence-corrected chi connectivity index (χ0v) is 10.4. The van der Waals surface area contributed by atoms with Gasteiger partial charge in [-0.1, -0.05) is 6.07 Å². The topological polar surface area (TPSA) is 95.5 Å². The van der Waals surface area contributed by atoms with E-state index in [1.807, 2.05) is 0 Å². The second-order valence-corrected chi connectivity index (χ2v) is 5.93. The molecule has 1 aliphatic carbocycles. The highest BCUT2D eigenvalue weighted by Gasteiger charge is 2.24. The molecular formula is C11H14N2O4S. The highest BCUT2D eigenvalue weighted by atomic mass is 32.2. The van der Waals surface area contributed by atoms with Gasteiger partial charge in [0.05, 0.1) is 11.4 Å². The quantitative estimate of drug-likeness (QED) is 0.699. The van der Waals surface area contributed by atoms with Crippen molar-refractivity contribution >= 4 is 15.9 Å². The first-order valence-corrected chi connectivity index (χ1v) is 7.04. The summed E-state index contributed by atoms with van der Waals surface area (Å²) in [5.41, 5.74) is 0. The van der Waals surface area contributed by atoms with Crippen LogP contribution in [0.3, 0.4) is 0 Å². The Bertz CT molecular complexity index is 552. The number of carbonyl (C=O) groups is 1. The molecule has 6 nitrogen and oxygen atoms in total. The summed E-state index contributed by atoms with van der Waals surface area (Å²) in [7, 11) is -3.76. The van der Waals surface area contributed by atoms with Crippen molar-refractivity contribution in [3.8, 4) is 5.75 Å². The number of carbonyl (C=O) groups excluding carboxylic acids is 1. The Kier molecular flexibility index (Phi) is 3.53. The Hall–Kier alpha value is -1.60. The highest BCUT2D eigenvalue weighted by molar-refractivity contribution is 7.89. The van der Waals surface area contributed by atoms with Gasteiger partial charge in [0.15, 0.2) is 0 Å². The van der Waals surface area contributed by atoms with Gasteiger partial charge in [-0.15, -0.1) is 0 Å². The number of amides is 1. The molecule has 3 N–H and O–H groups in total. The molecule has 1 saturated carbocycles. The summed E-state index contributed by atoms with van der Waals surface area (Å²) in [6.45, 7) is -0.297. The van der Waals surface area contributed by atoms with Crippen LogP contribution in [-0.4, -0.2) is 32.0 Å². The van der Waals surface area contributed by atoms with Crippen LogP contribution >= 0.6 is 0 Å². The first-order chi connectivity index (χ1) is 8.47. The summed E-state index contributed by atoms with van der Waals surface area (Å²) in [5, 5.41) is 11.9. The Labute approximate surface area is 105 Å². The minimum Gasteiger partial charge on any atom is -0.508 e. The molecule has 2 rings (SSSR count). The molecule has 7 heteroatoms. The molecule has 0 aliphatic heterocycles. The van der Waals surface area contributed by atoms with Gasteiger partial charge in [0.2, 0.25) is 15.9 Å². The van der Waals surface area contributed by atoms with Gasteiger partial charge in [0.25, 0.3) is 0 Å². The van der Waals surface area contributed by atoms with Crippen molar-refractivity contribution in [1.29, 1.82) is 0 Å². The number of phenols is 1. The fourth-order valence-corrected chi connectivity index (χ4v) is 2.42. The van der Waals surface area contributed by atoms with Crippen molar-refractivity contribution in [3.05, 3.63) is 24.3 Å². The summed E-state index contributed by atoms with van der Waals surface area (Å²) >= 11 is 0. The minimum absolute atomic E-state index is 0.0679. The Morgan fingerprint density at radius 2 is 2.11 bits per heavy atom. The van der Waals surface area contributed by atoms with Gasteiger partial charge in [-0.25, -0.2) is 13.1 Å². The lowest BCUT2D eigenvalue weighted by Gasteiger charge is -2.07. The zero-order valence-electron chi connectivity index (χ0n) is 9.59. The molecule has 18 heavy (non-hydrogen) atoms. The normalized spacial score (nSPS) is 15.3. The number of benzene rings is 1. The molecule has 0 unspecified atom stereocenters. The molecule has 0 bridgehead atoms. The van der Waals surface area contributed by atoms with Crippen LogP contribution in [0, 0.1) is 0 Å². The van der Waals surface area contributed by atoms with Crippen LogP contribution in [-0.2, 0) is 14.8 Å². The first-order valence-electron chi connectivity index (χ1n) is 5.55. The van der Waals surface area contributed by atoms with Gasteiger partial charge >= 0.3 is 0 Å². The van der Waals surface area contributed by atoms with Crippen LogP contribution in [0.2, 0.25) is 0 Å². The zero-order chi connectivity index (χ0) is 13.2. The van der Waals surface area contributed by atoms with Crippen LogP contribution in [0.5, 0.6) is 5.75 Å². The van der Waals surface area contributed by atoms with Gasteiger partial charge in [-0.3, -0.25) is 4.79 Å². The smallest absolute Gasteiger partial charge is 0.241 e. The number of sulfonamides is 1. The van der Waals surface area contributed by atoms with Crippen molar-refractivity contribution in [2.24, 2.45) is 0 Å². The van der Waals surface area contributed by atoms with E-state index in [1.54, 1.807) is 0 Å². The van der Waals surface area contributed by atoms with E-state index in [0.717, 1.165) is 18.9 Å². The number of nitrogens with one attached hydrogen (secondary N) is 2. The van der Waals surface area contributed by atoms with E-state index < -0.39 is 10.0 Å². The first kappa shape index (κ1) is 12.8. The average molecular weight is 270 g/mol. The lowest BCUT2D eigenvalue weighted by Crippen LogP contribution is -2.37. The SMILES string of the molecule is O=C(CNS(=O)(=O)c1cccc(O)c1)NC1CC1. The van der Waals surface area contributed by atoms with Gasteiger partial charge in [0.1, 0.15) is 5.75 Å². The second kappa shape index (κ2) is 4.95. The maximum atomic E-state index is 11.8. The van der Waals surface area contributed by atoms with E-state index in [-0.39, 0.29) is 29.1 Å². The predicted molar refractivity (Wildman–Crippen MR) is 64.5 cm³/mol. The Morgan fingerprint density at radius 1 is 1.39 bits per heavy atom. The molecule has 1 fully saturated rings. The van der Waals surface area contributed by atoms with Crippen molar-refractivity contribution < 1.29 is 18.3 Å². The number of aromatic hydroxyl groups is 1. The molecular weight excluding hydrogens is 256 g/mol. The minimum atomic E-state index is -3.76. The summed E-state index contributed by atoms with van der Waals surface area (Å²) in [6, 6.07) is 5.47. The average Bonchev–Trinajstić information content (AvgIpc) is 3.10. The molecule has 1 aromatic carbocycles. The van der Waals surface area contributed by atoms with Crippen LogP contribution in [0.25, 0.3) is 0 Å². The van der Waals surface area contributed by atoms with Crippen molar-refractivity contribution in [1.82, 2.24) is 10.0 Å². The molecule has 0 aromatic heterocycles. The summed E-state index contributed by atoms with van der Waals surface area (Å²) < 4.78 is 25.8. The molecule has 0 radical (unpaired) electrons. The molecule has 0 atom stereocenters. The highest BCUT2D eigenvalue weighted by Crippen LogP contribution is 2.18. The van der Waals surface area contributed by atoms with Gasteiger partial charge in [-0.05, 0) is 31.0 Å². The van der Waals surface area contributed by atoms with E-state index in [2.05, 4.69) is 10.0 Å².